The Morgan fingerprint density at radius 1 is 1.25 bits per heavy atom. The van der Waals surface area contributed by atoms with Crippen LogP contribution in [-0.2, 0) is 0 Å². The van der Waals surface area contributed by atoms with Gasteiger partial charge in [0.05, 0.1) is 12.6 Å². The van der Waals surface area contributed by atoms with Crippen molar-refractivity contribution in [1.82, 2.24) is 9.88 Å². The smallest absolute Gasteiger partial charge is 0.268 e. The van der Waals surface area contributed by atoms with Crippen molar-refractivity contribution >= 4 is 5.91 Å². The monoisotopic (exact) mass is 270 g/mol. The zero-order chi connectivity index (χ0) is 13.9. The van der Waals surface area contributed by atoms with E-state index in [0.717, 1.165) is 18.4 Å². The van der Waals surface area contributed by atoms with Crippen LogP contribution in [0.5, 0.6) is 0 Å². The Labute approximate surface area is 118 Å². The minimum atomic E-state index is -0.369. The Balaban J connectivity index is 1.75. The number of aromatic nitrogens is 1. The summed E-state index contributed by atoms with van der Waals surface area (Å²) in [6.45, 7) is -0.111. The molecule has 4 nitrogen and oxygen atoms in total. The van der Waals surface area contributed by atoms with E-state index in [1.807, 2.05) is 53.2 Å². The molecule has 1 saturated carbocycles. The van der Waals surface area contributed by atoms with E-state index < -0.39 is 0 Å². The van der Waals surface area contributed by atoms with Crippen LogP contribution in [0.2, 0.25) is 0 Å². The van der Waals surface area contributed by atoms with Crippen LogP contribution >= 0.6 is 0 Å². The molecule has 0 bridgehead atoms. The number of amides is 1. The molecule has 1 aliphatic rings. The van der Waals surface area contributed by atoms with Crippen LogP contribution in [0, 0.1) is 0 Å². The fourth-order valence-corrected chi connectivity index (χ4v) is 2.41. The lowest BCUT2D eigenvalue weighted by Gasteiger charge is -2.17. The molecule has 1 aromatic carbocycles. The third-order valence-electron chi connectivity index (χ3n) is 3.64. The first kappa shape index (κ1) is 12.9. The van der Waals surface area contributed by atoms with Gasteiger partial charge < -0.3 is 15.0 Å². The Morgan fingerprint density at radius 3 is 2.65 bits per heavy atom. The van der Waals surface area contributed by atoms with Gasteiger partial charge in [-0.25, -0.2) is 0 Å². The van der Waals surface area contributed by atoms with E-state index in [9.17, 15) is 9.90 Å². The molecule has 0 aliphatic heterocycles. The predicted octanol–water partition coefficient (Wildman–Crippen LogP) is 2.29. The van der Waals surface area contributed by atoms with Crippen LogP contribution in [0.1, 0.15) is 41.0 Å². The maximum absolute atomic E-state index is 12.4. The summed E-state index contributed by atoms with van der Waals surface area (Å²) in [5.74, 6) is -0.134. The van der Waals surface area contributed by atoms with Crippen LogP contribution in [-0.4, -0.2) is 22.2 Å². The standard InChI is InChI=1S/C16H18N2O2/c19-11-14(12-5-2-1-3-6-12)17-16(20)15-7-4-10-18(15)13-8-9-13/h1-7,10,13-14,19H,8-9,11H2,(H,17,20). The van der Waals surface area contributed by atoms with Crippen LogP contribution in [0.4, 0.5) is 0 Å². The molecule has 0 spiro atoms. The largest absolute Gasteiger partial charge is 0.394 e. The quantitative estimate of drug-likeness (QED) is 0.875. The molecule has 3 rings (SSSR count). The van der Waals surface area contributed by atoms with E-state index in [1.54, 1.807) is 0 Å². The highest BCUT2D eigenvalue weighted by molar-refractivity contribution is 5.93. The molecule has 2 aromatic rings. The van der Waals surface area contributed by atoms with Gasteiger partial charge in [0.2, 0.25) is 0 Å². The summed E-state index contributed by atoms with van der Waals surface area (Å²) in [4.78, 5) is 12.4. The van der Waals surface area contributed by atoms with E-state index in [-0.39, 0.29) is 18.6 Å². The van der Waals surface area contributed by atoms with E-state index >= 15 is 0 Å². The van der Waals surface area contributed by atoms with Gasteiger partial charge in [0.25, 0.3) is 5.91 Å². The summed E-state index contributed by atoms with van der Waals surface area (Å²) in [7, 11) is 0. The van der Waals surface area contributed by atoms with Crippen molar-refractivity contribution in [3.05, 3.63) is 59.9 Å². The fourth-order valence-electron chi connectivity index (χ4n) is 2.41. The van der Waals surface area contributed by atoms with Crippen molar-refractivity contribution in [2.24, 2.45) is 0 Å². The molecule has 1 unspecified atom stereocenters. The molecule has 1 heterocycles. The lowest BCUT2D eigenvalue weighted by molar-refractivity contribution is 0.0906. The van der Waals surface area contributed by atoms with Gasteiger partial charge in [-0.15, -0.1) is 0 Å². The zero-order valence-electron chi connectivity index (χ0n) is 11.2. The first-order valence-corrected chi connectivity index (χ1v) is 6.93. The number of nitrogens with one attached hydrogen (secondary N) is 1. The second kappa shape index (κ2) is 5.51. The highest BCUT2D eigenvalue weighted by atomic mass is 16.3. The van der Waals surface area contributed by atoms with Gasteiger partial charge in [-0.1, -0.05) is 30.3 Å². The third kappa shape index (κ3) is 2.60. The van der Waals surface area contributed by atoms with Gasteiger partial charge in [0.15, 0.2) is 0 Å². The molecule has 1 amide bonds. The number of aliphatic hydroxyl groups is 1. The Kier molecular flexibility index (Phi) is 3.56. The third-order valence-corrected chi connectivity index (χ3v) is 3.64. The molecule has 2 N–H and O–H groups in total. The average Bonchev–Trinajstić information content (AvgIpc) is 3.22. The van der Waals surface area contributed by atoms with Crippen molar-refractivity contribution in [2.45, 2.75) is 24.9 Å². The van der Waals surface area contributed by atoms with Crippen molar-refractivity contribution < 1.29 is 9.90 Å². The van der Waals surface area contributed by atoms with Gasteiger partial charge in [-0.2, -0.15) is 0 Å². The predicted molar refractivity (Wildman–Crippen MR) is 76.4 cm³/mol. The number of rotatable bonds is 5. The normalized spacial score (nSPS) is 15.8. The van der Waals surface area contributed by atoms with E-state index in [0.29, 0.717) is 11.7 Å². The molecule has 0 radical (unpaired) electrons. The minimum Gasteiger partial charge on any atom is -0.394 e. The number of carbonyl (C=O) groups excluding carboxylic acids is 1. The maximum atomic E-state index is 12.4. The molecule has 1 aliphatic carbocycles. The summed E-state index contributed by atoms with van der Waals surface area (Å²) in [5, 5.41) is 12.4. The van der Waals surface area contributed by atoms with Gasteiger partial charge in [-0.3, -0.25) is 4.79 Å². The summed E-state index contributed by atoms with van der Waals surface area (Å²) in [5.41, 5.74) is 1.58. The van der Waals surface area contributed by atoms with Crippen LogP contribution in [0.3, 0.4) is 0 Å². The molecule has 1 fully saturated rings. The number of benzene rings is 1. The van der Waals surface area contributed by atoms with Gasteiger partial charge in [-0.05, 0) is 30.5 Å². The highest BCUT2D eigenvalue weighted by Gasteiger charge is 2.27. The minimum absolute atomic E-state index is 0.111. The first-order chi connectivity index (χ1) is 9.79. The molecular weight excluding hydrogens is 252 g/mol. The average molecular weight is 270 g/mol. The second-order valence-electron chi connectivity index (χ2n) is 5.15. The summed E-state index contributed by atoms with van der Waals surface area (Å²) in [6.07, 6.45) is 4.22. The Bertz CT molecular complexity index is 588. The summed E-state index contributed by atoms with van der Waals surface area (Å²) in [6, 6.07) is 13.3. The van der Waals surface area contributed by atoms with Gasteiger partial charge >= 0.3 is 0 Å². The lowest BCUT2D eigenvalue weighted by atomic mass is 10.1. The Hall–Kier alpha value is -2.07. The van der Waals surface area contributed by atoms with E-state index in [4.69, 9.17) is 0 Å². The summed E-state index contributed by atoms with van der Waals surface area (Å²) < 4.78 is 2.02. The SMILES string of the molecule is O=C(NC(CO)c1ccccc1)c1cccn1C1CC1. The van der Waals surface area contributed by atoms with Crippen LogP contribution in [0.25, 0.3) is 0 Å². The number of nitrogens with zero attached hydrogens (tertiary/aromatic N) is 1. The number of aliphatic hydroxyl groups excluding tert-OH is 1. The van der Waals surface area contributed by atoms with Gasteiger partial charge in [0, 0.05) is 12.2 Å². The van der Waals surface area contributed by atoms with Crippen molar-refractivity contribution in [3.8, 4) is 0 Å². The van der Waals surface area contributed by atoms with E-state index in [2.05, 4.69) is 5.32 Å². The molecule has 104 valence electrons. The molecule has 1 atom stereocenters. The second-order valence-corrected chi connectivity index (χ2v) is 5.15. The first-order valence-electron chi connectivity index (χ1n) is 6.93. The molecule has 4 heteroatoms. The molecule has 1 aromatic heterocycles. The highest BCUT2D eigenvalue weighted by Crippen LogP contribution is 2.36. The van der Waals surface area contributed by atoms with Gasteiger partial charge in [0.1, 0.15) is 5.69 Å². The molecule has 0 saturated heterocycles. The van der Waals surface area contributed by atoms with Crippen molar-refractivity contribution in [2.75, 3.05) is 6.61 Å². The molecular formula is C16H18N2O2. The lowest BCUT2D eigenvalue weighted by Crippen LogP contribution is -2.32. The maximum Gasteiger partial charge on any atom is 0.268 e. The number of carbonyl (C=O) groups is 1. The molecule has 20 heavy (non-hydrogen) atoms. The van der Waals surface area contributed by atoms with Crippen molar-refractivity contribution in [3.63, 3.8) is 0 Å². The van der Waals surface area contributed by atoms with E-state index in [1.165, 1.54) is 0 Å². The Morgan fingerprint density at radius 2 is 2.00 bits per heavy atom. The fraction of sp³-hybridized carbons (Fsp3) is 0.312. The number of hydrogen-bond donors (Lipinski definition) is 2. The topological polar surface area (TPSA) is 54.3 Å². The summed E-state index contributed by atoms with van der Waals surface area (Å²) >= 11 is 0. The zero-order valence-corrected chi connectivity index (χ0v) is 11.2. The number of hydrogen-bond acceptors (Lipinski definition) is 2. The van der Waals surface area contributed by atoms with Crippen molar-refractivity contribution in [1.29, 1.82) is 0 Å². The van der Waals surface area contributed by atoms with Crippen LogP contribution in [0.15, 0.2) is 48.7 Å². The van der Waals surface area contributed by atoms with Crippen LogP contribution < -0.4 is 5.32 Å².